The van der Waals surface area contributed by atoms with Gasteiger partial charge in [0.1, 0.15) is 0 Å². The molecule has 0 radical (unpaired) electrons. The quantitative estimate of drug-likeness (QED) is 0.584. The Hall–Kier alpha value is 0.230. The molecule has 0 fully saturated rings. The minimum atomic E-state index is 0.661. The zero-order valence-corrected chi connectivity index (χ0v) is 10.7. The highest BCUT2D eigenvalue weighted by atomic mass is 32.2. The molecule has 0 aliphatic heterocycles. The summed E-state index contributed by atoms with van der Waals surface area (Å²) in [5.74, 6) is 1.20. The van der Waals surface area contributed by atoms with Gasteiger partial charge in [-0.2, -0.15) is 11.8 Å². The number of hydrogen-bond donors (Lipinski definition) is 1. The van der Waals surface area contributed by atoms with Gasteiger partial charge in [0.15, 0.2) is 0 Å². The Morgan fingerprint density at radius 2 is 2.14 bits per heavy atom. The molecule has 0 saturated carbocycles. The van der Waals surface area contributed by atoms with Crippen molar-refractivity contribution in [1.82, 2.24) is 10.2 Å². The zero-order chi connectivity index (χ0) is 10.8. The van der Waals surface area contributed by atoms with E-state index < -0.39 is 0 Å². The summed E-state index contributed by atoms with van der Waals surface area (Å²) in [5.41, 5.74) is 0. The number of rotatable bonds is 9. The number of nitrogens with one attached hydrogen (secondary N) is 1. The SMILES string of the molecule is COCCNCCN(C)C(C)CSC. The van der Waals surface area contributed by atoms with Crippen LogP contribution in [0.4, 0.5) is 0 Å². The highest BCUT2D eigenvalue weighted by Gasteiger charge is 2.06. The largest absolute Gasteiger partial charge is 0.383 e. The van der Waals surface area contributed by atoms with Gasteiger partial charge in [0, 0.05) is 38.5 Å². The Bertz CT molecular complexity index is 125. The lowest BCUT2D eigenvalue weighted by molar-refractivity contribution is 0.196. The van der Waals surface area contributed by atoms with Crippen molar-refractivity contribution in [3.05, 3.63) is 0 Å². The molecule has 14 heavy (non-hydrogen) atoms. The summed E-state index contributed by atoms with van der Waals surface area (Å²) < 4.78 is 4.96. The predicted molar refractivity (Wildman–Crippen MR) is 65.2 cm³/mol. The van der Waals surface area contributed by atoms with E-state index in [1.54, 1.807) is 7.11 Å². The van der Waals surface area contributed by atoms with Gasteiger partial charge < -0.3 is 15.0 Å². The minimum Gasteiger partial charge on any atom is -0.383 e. The van der Waals surface area contributed by atoms with E-state index in [0.717, 1.165) is 26.2 Å². The number of nitrogens with zero attached hydrogens (tertiary/aromatic N) is 1. The monoisotopic (exact) mass is 220 g/mol. The van der Waals surface area contributed by atoms with E-state index in [-0.39, 0.29) is 0 Å². The number of methoxy groups -OCH3 is 1. The fourth-order valence-electron chi connectivity index (χ4n) is 1.14. The summed E-state index contributed by atoms with van der Waals surface area (Å²) in [7, 11) is 3.91. The van der Waals surface area contributed by atoms with Crippen LogP contribution in [0, 0.1) is 0 Å². The normalized spacial score (nSPS) is 13.5. The summed E-state index contributed by atoms with van der Waals surface area (Å²) in [6.45, 7) is 6.15. The molecule has 0 aliphatic rings. The van der Waals surface area contributed by atoms with Crippen molar-refractivity contribution in [2.45, 2.75) is 13.0 Å². The first-order valence-electron chi connectivity index (χ1n) is 5.11. The highest BCUT2D eigenvalue weighted by Crippen LogP contribution is 2.02. The van der Waals surface area contributed by atoms with Crippen LogP contribution in [0.25, 0.3) is 0 Å². The second-order valence-corrected chi connectivity index (χ2v) is 4.44. The first-order chi connectivity index (χ1) is 6.72. The van der Waals surface area contributed by atoms with Crippen molar-refractivity contribution < 1.29 is 4.74 Å². The average molecular weight is 220 g/mol. The number of thioether (sulfide) groups is 1. The zero-order valence-electron chi connectivity index (χ0n) is 9.88. The molecule has 0 rings (SSSR count). The van der Waals surface area contributed by atoms with Gasteiger partial charge in [-0.3, -0.25) is 0 Å². The molecule has 1 atom stereocenters. The first-order valence-corrected chi connectivity index (χ1v) is 6.50. The first kappa shape index (κ1) is 14.2. The van der Waals surface area contributed by atoms with Gasteiger partial charge in [-0.1, -0.05) is 0 Å². The van der Waals surface area contributed by atoms with Crippen molar-refractivity contribution in [2.24, 2.45) is 0 Å². The molecule has 0 heterocycles. The lowest BCUT2D eigenvalue weighted by atomic mass is 10.3. The van der Waals surface area contributed by atoms with Gasteiger partial charge in [0.25, 0.3) is 0 Å². The van der Waals surface area contributed by atoms with Gasteiger partial charge in [-0.15, -0.1) is 0 Å². The molecular formula is C10H24N2OS. The molecule has 0 spiro atoms. The molecule has 0 amide bonds. The van der Waals surface area contributed by atoms with E-state index in [1.165, 1.54) is 5.75 Å². The maximum absolute atomic E-state index is 4.96. The smallest absolute Gasteiger partial charge is 0.0587 e. The van der Waals surface area contributed by atoms with E-state index in [9.17, 15) is 0 Å². The minimum absolute atomic E-state index is 0.661. The molecule has 1 N–H and O–H groups in total. The van der Waals surface area contributed by atoms with Gasteiger partial charge in [0.05, 0.1) is 6.61 Å². The Labute approximate surface area is 92.6 Å². The Balaban J connectivity index is 3.29. The van der Waals surface area contributed by atoms with Crippen molar-refractivity contribution >= 4 is 11.8 Å². The number of ether oxygens (including phenoxy) is 1. The maximum Gasteiger partial charge on any atom is 0.0587 e. The van der Waals surface area contributed by atoms with Gasteiger partial charge >= 0.3 is 0 Å². The second-order valence-electron chi connectivity index (χ2n) is 3.53. The van der Waals surface area contributed by atoms with Crippen molar-refractivity contribution in [3.63, 3.8) is 0 Å². The van der Waals surface area contributed by atoms with Gasteiger partial charge in [0.2, 0.25) is 0 Å². The Kier molecular flexibility index (Phi) is 9.93. The second kappa shape index (κ2) is 9.77. The van der Waals surface area contributed by atoms with E-state index in [4.69, 9.17) is 4.74 Å². The molecule has 0 aromatic heterocycles. The summed E-state index contributed by atoms with van der Waals surface area (Å²) in [6.07, 6.45) is 2.15. The van der Waals surface area contributed by atoms with E-state index >= 15 is 0 Å². The summed E-state index contributed by atoms with van der Waals surface area (Å²) >= 11 is 1.90. The third-order valence-electron chi connectivity index (χ3n) is 2.28. The molecule has 0 saturated heterocycles. The lowest BCUT2D eigenvalue weighted by Crippen LogP contribution is -2.37. The Morgan fingerprint density at radius 1 is 1.43 bits per heavy atom. The van der Waals surface area contributed by atoms with Crippen LogP contribution >= 0.6 is 11.8 Å². The fraction of sp³-hybridized carbons (Fsp3) is 1.00. The van der Waals surface area contributed by atoms with Gasteiger partial charge in [-0.25, -0.2) is 0 Å². The van der Waals surface area contributed by atoms with Crippen LogP contribution in [0.15, 0.2) is 0 Å². The number of likely N-dealkylation sites (N-methyl/N-ethyl adjacent to an activating group) is 1. The molecule has 0 aromatic carbocycles. The van der Waals surface area contributed by atoms with Crippen LogP contribution in [-0.4, -0.2) is 63.3 Å². The van der Waals surface area contributed by atoms with E-state index in [1.807, 2.05) is 11.8 Å². The summed E-state index contributed by atoms with van der Waals surface area (Å²) in [4.78, 5) is 2.39. The lowest BCUT2D eigenvalue weighted by Gasteiger charge is -2.23. The average Bonchev–Trinajstić information content (AvgIpc) is 2.17. The molecule has 0 aliphatic carbocycles. The van der Waals surface area contributed by atoms with Crippen molar-refractivity contribution in [1.29, 1.82) is 0 Å². The molecule has 86 valence electrons. The van der Waals surface area contributed by atoms with Crippen LogP contribution in [0.5, 0.6) is 0 Å². The number of hydrogen-bond acceptors (Lipinski definition) is 4. The molecule has 0 aromatic rings. The van der Waals surface area contributed by atoms with Crippen LogP contribution in [0.1, 0.15) is 6.92 Å². The van der Waals surface area contributed by atoms with E-state index in [0.29, 0.717) is 6.04 Å². The standard InChI is InChI=1S/C10H24N2OS/c1-10(9-14-4)12(2)7-5-11-6-8-13-3/h10-11H,5-9H2,1-4H3. The highest BCUT2D eigenvalue weighted by molar-refractivity contribution is 7.98. The third-order valence-corrected chi connectivity index (χ3v) is 3.10. The fourth-order valence-corrected chi connectivity index (χ4v) is 1.88. The molecule has 0 bridgehead atoms. The van der Waals surface area contributed by atoms with Crippen molar-refractivity contribution in [2.75, 3.05) is 52.4 Å². The van der Waals surface area contributed by atoms with E-state index in [2.05, 4.69) is 30.4 Å². The van der Waals surface area contributed by atoms with Crippen LogP contribution in [-0.2, 0) is 4.74 Å². The topological polar surface area (TPSA) is 24.5 Å². The Morgan fingerprint density at radius 3 is 2.71 bits per heavy atom. The third kappa shape index (κ3) is 7.62. The van der Waals surface area contributed by atoms with Crippen LogP contribution in [0.3, 0.4) is 0 Å². The predicted octanol–water partition coefficient (Wildman–Crippen LogP) is 0.906. The summed E-state index contributed by atoms with van der Waals surface area (Å²) in [6, 6.07) is 0.661. The summed E-state index contributed by atoms with van der Waals surface area (Å²) in [5, 5.41) is 3.34. The maximum atomic E-state index is 4.96. The van der Waals surface area contributed by atoms with Crippen LogP contribution < -0.4 is 5.32 Å². The van der Waals surface area contributed by atoms with Crippen LogP contribution in [0.2, 0.25) is 0 Å². The molecule has 4 heteroatoms. The molecular weight excluding hydrogens is 196 g/mol. The van der Waals surface area contributed by atoms with Gasteiger partial charge in [-0.05, 0) is 20.2 Å². The molecule has 3 nitrogen and oxygen atoms in total. The molecule has 1 unspecified atom stereocenters. The van der Waals surface area contributed by atoms with Crippen molar-refractivity contribution in [3.8, 4) is 0 Å².